The molecular formula is C15H26N4O. The van der Waals surface area contributed by atoms with Crippen LogP contribution in [0.3, 0.4) is 0 Å². The SMILES string of the molecule is CCCN1CCOC(c2nc(N)cc(CC(C)C)n2)C1. The molecule has 2 N–H and O–H groups in total. The Hall–Kier alpha value is -1.20. The number of rotatable bonds is 5. The number of anilines is 1. The highest BCUT2D eigenvalue weighted by atomic mass is 16.5. The normalized spacial score (nSPS) is 20.5. The van der Waals surface area contributed by atoms with Gasteiger partial charge in [-0.1, -0.05) is 20.8 Å². The van der Waals surface area contributed by atoms with Crippen LogP contribution in [0.25, 0.3) is 0 Å². The van der Waals surface area contributed by atoms with Crippen molar-refractivity contribution in [2.45, 2.75) is 39.7 Å². The zero-order chi connectivity index (χ0) is 14.5. The minimum atomic E-state index is -0.0512. The Kier molecular flexibility index (Phi) is 5.31. The van der Waals surface area contributed by atoms with Gasteiger partial charge in [0.15, 0.2) is 5.82 Å². The lowest BCUT2D eigenvalue weighted by atomic mass is 10.1. The molecule has 5 nitrogen and oxygen atoms in total. The van der Waals surface area contributed by atoms with Crippen LogP contribution in [0.4, 0.5) is 5.82 Å². The first-order chi connectivity index (χ1) is 9.58. The van der Waals surface area contributed by atoms with E-state index in [0.717, 1.165) is 50.6 Å². The average molecular weight is 278 g/mol. The molecule has 0 spiro atoms. The van der Waals surface area contributed by atoms with Crippen LogP contribution in [0, 0.1) is 5.92 Å². The number of nitrogens with two attached hydrogens (primary N) is 1. The summed E-state index contributed by atoms with van der Waals surface area (Å²) in [5.74, 6) is 1.84. The predicted molar refractivity (Wildman–Crippen MR) is 80.4 cm³/mol. The highest BCUT2D eigenvalue weighted by Gasteiger charge is 2.24. The molecule has 112 valence electrons. The highest BCUT2D eigenvalue weighted by molar-refractivity contribution is 5.30. The maximum atomic E-state index is 5.91. The van der Waals surface area contributed by atoms with Crippen LogP contribution in [0.2, 0.25) is 0 Å². The van der Waals surface area contributed by atoms with Crippen molar-refractivity contribution >= 4 is 5.82 Å². The third kappa shape index (κ3) is 4.15. The van der Waals surface area contributed by atoms with Gasteiger partial charge in [0.05, 0.1) is 6.61 Å². The Bertz CT molecular complexity index is 434. The summed E-state index contributed by atoms with van der Waals surface area (Å²) in [4.78, 5) is 11.4. The summed E-state index contributed by atoms with van der Waals surface area (Å²) in [7, 11) is 0. The number of ether oxygens (including phenoxy) is 1. The maximum Gasteiger partial charge on any atom is 0.161 e. The lowest BCUT2D eigenvalue weighted by Gasteiger charge is -2.32. The van der Waals surface area contributed by atoms with Gasteiger partial charge in [-0.25, -0.2) is 9.97 Å². The standard InChI is InChI=1S/C15H26N4O/c1-4-5-19-6-7-20-13(10-19)15-17-12(8-11(2)3)9-14(16)18-15/h9,11,13H,4-8,10H2,1-3H3,(H2,16,17,18). The van der Waals surface area contributed by atoms with E-state index in [4.69, 9.17) is 10.5 Å². The molecule has 2 rings (SSSR count). The summed E-state index contributed by atoms with van der Waals surface area (Å²) in [6, 6.07) is 1.87. The first-order valence-corrected chi connectivity index (χ1v) is 7.55. The van der Waals surface area contributed by atoms with Gasteiger partial charge >= 0.3 is 0 Å². The van der Waals surface area contributed by atoms with E-state index in [2.05, 4.69) is 35.6 Å². The van der Waals surface area contributed by atoms with Gasteiger partial charge in [-0.05, 0) is 25.3 Å². The lowest BCUT2D eigenvalue weighted by molar-refractivity contribution is -0.0342. The monoisotopic (exact) mass is 278 g/mol. The fraction of sp³-hybridized carbons (Fsp3) is 0.733. The maximum absolute atomic E-state index is 5.91. The van der Waals surface area contributed by atoms with Gasteiger partial charge in [-0.15, -0.1) is 0 Å². The smallest absolute Gasteiger partial charge is 0.161 e. The van der Waals surface area contributed by atoms with Crippen LogP contribution in [0.5, 0.6) is 0 Å². The second-order valence-electron chi connectivity index (χ2n) is 5.90. The second-order valence-corrected chi connectivity index (χ2v) is 5.90. The number of aromatic nitrogens is 2. The molecule has 0 bridgehead atoms. The van der Waals surface area contributed by atoms with E-state index in [-0.39, 0.29) is 6.10 Å². The summed E-state index contributed by atoms with van der Waals surface area (Å²) in [6.45, 7) is 10.2. The predicted octanol–water partition coefficient (Wildman–Crippen LogP) is 2.04. The van der Waals surface area contributed by atoms with Crippen molar-refractivity contribution in [1.82, 2.24) is 14.9 Å². The van der Waals surface area contributed by atoms with Gasteiger partial charge < -0.3 is 10.5 Å². The quantitative estimate of drug-likeness (QED) is 0.893. The van der Waals surface area contributed by atoms with E-state index in [1.54, 1.807) is 0 Å². The molecule has 1 fully saturated rings. The summed E-state index contributed by atoms with van der Waals surface area (Å²) in [5, 5.41) is 0. The average Bonchev–Trinajstić information content (AvgIpc) is 2.38. The molecule has 0 saturated carbocycles. The van der Waals surface area contributed by atoms with E-state index in [1.807, 2.05) is 6.07 Å². The van der Waals surface area contributed by atoms with Crippen molar-refractivity contribution in [3.63, 3.8) is 0 Å². The number of hydrogen-bond acceptors (Lipinski definition) is 5. The minimum Gasteiger partial charge on any atom is -0.384 e. The molecule has 2 heterocycles. The van der Waals surface area contributed by atoms with Crippen LogP contribution in [-0.2, 0) is 11.2 Å². The molecule has 1 aliphatic rings. The molecule has 1 aliphatic heterocycles. The number of morpholine rings is 1. The topological polar surface area (TPSA) is 64.3 Å². The largest absolute Gasteiger partial charge is 0.384 e. The van der Waals surface area contributed by atoms with E-state index in [1.165, 1.54) is 0 Å². The van der Waals surface area contributed by atoms with Crippen molar-refractivity contribution in [3.8, 4) is 0 Å². The van der Waals surface area contributed by atoms with Crippen molar-refractivity contribution in [2.24, 2.45) is 5.92 Å². The molecule has 20 heavy (non-hydrogen) atoms. The zero-order valence-corrected chi connectivity index (χ0v) is 12.8. The molecule has 1 unspecified atom stereocenters. The van der Waals surface area contributed by atoms with Crippen LogP contribution >= 0.6 is 0 Å². The molecule has 0 radical (unpaired) electrons. The van der Waals surface area contributed by atoms with Crippen molar-refractivity contribution in [3.05, 3.63) is 17.6 Å². The third-order valence-electron chi connectivity index (χ3n) is 3.41. The summed E-state index contributed by atoms with van der Waals surface area (Å²) < 4.78 is 5.83. The van der Waals surface area contributed by atoms with Crippen LogP contribution in [-0.4, -0.2) is 41.1 Å². The summed E-state index contributed by atoms with van der Waals surface area (Å²) in [5.41, 5.74) is 6.93. The number of nitrogens with zero attached hydrogens (tertiary/aromatic N) is 3. The van der Waals surface area contributed by atoms with Gasteiger partial charge in [-0.3, -0.25) is 4.90 Å². The van der Waals surface area contributed by atoms with E-state index in [0.29, 0.717) is 11.7 Å². The molecule has 1 aromatic rings. The lowest BCUT2D eigenvalue weighted by Crippen LogP contribution is -2.39. The Morgan fingerprint density at radius 3 is 2.95 bits per heavy atom. The molecular weight excluding hydrogens is 252 g/mol. The molecule has 0 amide bonds. The second kappa shape index (κ2) is 6.99. The van der Waals surface area contributed by atoms with E-state index < -0.39 is 0 Å². The molecule has 1 aromatic heterocycles. The van der Waals surface area contributed by atoms with Gasteiger partial charge in [-0.2, -0.15) is 0 Å². The molecule has 0 aliphatic carbocycles. The van der Waals surface area contributed by atoms with Crippen molar-refractivity contribution in [2.75, 3.05) is 32.0 Å². The first kappa shape index (κ1) is 15.2. The van der Waals surface area contributed by atoms with E-state index in [9.17, 15) is 0 Å². The fourth-order valence-electron chi connectivity index (χ4n) is 2.58. The van der Waals surface area contributed by atoms with Crippen LogP contribution in [0.15, 0.2) is 6.07 Å². The van der Waals surface area contributed by atoms with Crippen molar-refractivity contribution < 1.29 is 4.74 Å². The van der Waals surface area contributed by atoms with Crippen LogP contribution in [0.1, 0.15) is 44.8 Å². The van der Waals surface area contributed by atoms with Gasteiger partial charge in [0, 0.05) is 24.8 Å². The fourth-order valence-corrected chi connectivity index (χ4v) is 2.58. The summed E-state index contributed by atoms with van der Waals surface area (Å²) in [6.07, 6.45) is 2.03. The number of nitrogen functional groups attached to an aromatic ring is 1. The van der Waals surface area contributed by atoms with Crippen LogP contribution < -0.4 is 5.73 Å². The van der Waals surface area contributed by atoms with Gasteiger partial charge in [0.25, 0.3) is 0 Å². The molecule has 1 atom stereocenters. The van der Waals surface area contributed by atoms with Crippen molar-refractivity contribution in [1.29, 1.82) is 0 Å². The summed E-state index contributed by atoms with van der Waals surface area (Å²) >= 11 is 0. The Morgan fingerprint density at radius 2 is 2.25 bits per heavy atom. The molecule has 1 saturated heterocycles. The Morgan fingerprint density at radius 1 is 1.45 bits per heavy atom. The number of hydrogen-bond donors (Lipinski definition) is 1. The Labute approximate surface area is 121 Å². The highest BCUT2D eigenvalue weighted by Crippen LogP contribution is 2.21. The zero-order valence-electron chi connectivity index (χ0n) is 12.8. The van der Waals surface area contributed by atoms with Gasteiger partial charge in [0.1, 0.15) is 11.9 Å². The minimum absolute atomic E-state index is 0.0512. The first-order valence-electron chi connectivity index (χ1n) is 7.55. The Balaban J connectivity index is 2.12. The van der Waals surface area contributed by atoms with Gasteiger partial charge in [0.2, 0.25) is 0 Å². The molecule has 5 heteroatoms. The van der Waals surface area contributed by atoms with E-state index >= 15 is 0 Å². The molecule has 0 aromatic carbocycles. The third-order valence-corrected chi connectivity index (χ3v) is 3.41.